The smallest absolute Gasteiger partial charge is 0.233 e. The maximum absolute atomic E-state index is 12.7. The van der Waals surface area contributed by atoms with Crippen LogP contribution >= 0.6 is 22.9 Å². The number of anilines is 1. The van der Waals surface area contributed by atoms with E-state index in [0.29, 0.717) is 12.3 Å². The molecule has 1 aliphatic heterocycles. The Labute approximate surface area is 139 Å². The Morgan fingerprint density at radius 1 is 1.45 bits per heavy atom. The number of nitrogens with zero attached hydrogens (tertiary/aromatic N) is 2. The third-order valence-electron chi connectivity index (χ3n) is 3.86. The molecule has 0 N–H and O–H groups in total. The SMILES string of the molecule is CC(C)c1nc(CC(=O)N2CCCc3cc(Cl)ccc32)cs1. The summed E-state index contributed by atoms with van der Waals surface area (Å²) in [6.45, 7) is 5.01. The lowest BCUT2D eigenvalue weighted by atomic mass is 10.0. The summed E-state index contributed by atoms with van der Waals surface area (Å²) in [5.74, 6) is 0.524. The van der Waals surface area contributed by atoms with Crippen molar-refractivity contribution in [2.45, 2.75) is 39.0 Å². The van der Waals surface area contributed by atoms with Crippen LogP contribution in [0.5, 0.6) is 0 Å². The highest BCUT2D eigenvalue weighted by Gasteiger charge is 2.23. The van der Waals surface area contributed by atoms with Gasteiger partial charge in [-0.2, -0.15) is 0 Å². The first kappa shape index (κ1) is 15.5. The minimum absolute atomic E-state index is 0.115. The number of benzene rings is 1. The van der Waals surface area contributed by atoms with E-state index in [1.807, 2.05) is 28.5 Å². The van der Waals surface area contributed by atoms with E-state index in [0.717, 1.165) is 46.4 Å². The molecular weight excluding hydrogens is 316 g/mol. The number of hydrogen-bond donors (Lipinski definition) is 0. The lowest BCUT2D eigenvalue weighted by Gasteiger charge is -2.29. The van der Waals surface area contributed by atoms with Crippen molar-refractivity contribution in [3.63, 3.8) is 0 Å². The third kappa shape index (κ3) is 3.18. The van der Waals surface area contributed by atoms with Gasteiger partial charge in [-0.15, -0.1) is 11.3 Å². The minimum atomic E-state index is 0.115. The molecule has 1 aliphatic rings. The van der Waals surface area contributed by atoms with Crippen LogP contribution in [0.1, 0.15) is 42.5 Å². The number of thiazole rings is 1. The first-order valence-corrected chi connectivity index (χ1v) is 8.83. The maximum atomic E-state index is 12.7. The standard InChI is InChI=1S/C17H19ClN2OS/c1-11(2)17-19-14(10-22-17)9-16(21)20-7-3-4-12-8-13(18)5-6-15(12)20/h5-6,8,10-11H,3-4,7,9H2,1-2H3. The summed E-state index contributed by atoms with van der Waals surface area (Å²) in [6.07, 6.45) is 2.33. The first-order chi connectivity index (χ1) is 10.5. The van der Waals surface area contributed by atoms with Gasteiger partial charge in [-0.05, 0) is 36.6 Å². The summed E-state index contributed by atoms with van der Waals surface area (Å²) in [5.41, 5.74) is 3.04. The van der Waals surface area contributed by atoms with E-state index in [-0.39, 0.29) is 5.91 Å². The highest BCUT2D eigenvalue weighted by atomic mass is 35.5. The van der Waals surface area contributed by atoms with Crippen LogP contribution in [0.4, 0.5) is 5.69 Å². The van der Waals surface area contributed by atoms with Crippen LogP contribution in [0.3, 0.4) is 0 Å². The summed E-state index contributed by atoms with van der Waals surface area (Å²) in [6, 6.07) is 5.77. The number of carbonyl (C=O) groups excluding carboxylic acids is 1. The molecule has 0 spiro atoms. The van der Waals surface area contributed by atoms with Crippen LogP contribution in [0.15, 0.2) is 23.6 Å². The van der Waals surface area contributed by atoms with Gasteiger partial charge < -0.3 is 4.90 Å². The number of amides is 1. The molecule has 0 aliphatic carbocycles. The Morgan fingerprint density at radius 3 is 3.00 bits per heavy atom. The maximum Gasteiger partial charge on any atom is 0.233 e. The van der Waals surface area contributed by atoms with Crippen molar-refractivity contribution in [3.8, 4) is 0 Å². The molecule has 1 amide bonds. The van der Waals surface area contributed by atoms with Gasteiger partial charge in [-0.3, -0.25) is 4.79 Å². The van der Waals surface area contributed by atoms with Crippen LogP contribution in [0.2, 0.25) is 5.02 Å². The summed E-state index contributed by atoms with van der Waals surface area (Å²) in [7, 11) is 0. The van der Waals surface area contributed by atoms with Gasteiger partial charge in [0.2, 0.25) is 5.91 Å². The Morgan fingerprint density at radius 2 is 2.27 bits per heavy atom. The normalized spacial score (nSPS) is 14.3. The average molecular weight is 335 g/mol. The fourth-order valence-corrected chi connectivity index (χ4v) is 3.77. The van der Waals surface area contributed by atoms with Crippen molar-refractivity contribution in [2.75, 3.05) is 11.4 Å². The van der Waals surface area contributed by atoms with E-state index >= 15 is 0 Å². The summed E-state index contributed by atoms with van der Waals surface area (Å²) >= 11 is 7.69. The molecule has 3 nitrogen and oxygen atoms in total. The van der Waals surface area contributed by atoms with E-state index in [2.05, 4.69) is 18.8 Å². The zero-order valence-electron chi connectivity index (χ0n) is 12.8. The average Bonchev–Trinajstić information content (AvgIpc) is 2.95. The van der Waals surface area contributed by atoms with Crippen LogP contribution in [-0.4, -0.2) is 17.4 Å². The molecule has 3 rings (SSSR count). The van der Waals surface area contributed by atoms with E-state index in [4.69, 9.17) is 11.6 Å². The molecule has 0 saturated carbocycles. The van der Waals surface area contributed by atoms with Crippen molar-refractivity contribution in [3.05, 3.63) is 44.9 Å². The zero-order valence-corrected chi connectivity index (χ0v) is 14.4. The van der Waals surface area contributed by atoms with Gasteiger partial charge in [0.15, 0.2) is 0 Å². The van der Waals surface area contributed by atoms with Gasteiger partial charge in [0.1, 0.15) is 0 Å². The van der Waals surface area contributed by atoms with Gasteiger partial charge in [0, 0.05) is 28.6 Å². The minimum Gasteiger partial charge on any atom is -0.312 e. The number of aromatic nitrogens is 1. The molecular formula is C17H19ClN2OS. The molecule has 0 fully saturated rings. The van der Waals surface area contributed by atoms with Crippen LogP contribution in [-0.2, 0) is 17.6 Å². The summed E-state index contributed by atoms with van der Waals surface area (Å²) in [5, 5.41) is 3.82. The quantitative estimate of drug-likeness (QED) is 0.831. The van der Waals surface area contributed by atoms with E-state index in [9.17, 15) is 4.79 Å². The lowest BCUT2D eigenvalue weighted by molar-refractivity contribution is -0.118. The van der Waals surface area contributed by atoms with Gasteiger partial charge in [-0.1, -0.05) is 25.4 Å². The van der Waals surface area contributed by atoms with Crippen molar-refractivity contribution >= 4 is 34.5 Å². The zero-order chi connectivity index (χ0) is 15.7. The first-order valence-electron chi connectivity index (χ1n) is 7.57. The number of halogens is 1. The molecule has 1 aromatic heterocycles. The number of aryl methyl sites for hydroxylation is 1. The molecule has 0 radical (unpaired) electrons. The fraction of sp³-hybridized carbons (Fsp3) is 0.412. The molecule has 2 heterocycles. The Kier molecular flexibility index (Phi) is 4.50. The number of fused-ring (bicyclic) bond motifs is 1. The van der Waals surface area contributed by atoms with Gasteiger partial charge >= 0.3 is 0 Å². The van der Waals surface area contributed by atoms with Crippen molar-refractivity contribution < 1.29 is 4.79 Å². The monoisotopic (exact) mass is 334 g/mol. The van der Waals surface area contributed by atoms with Crippen molar-refractivity contribution in [2.24, 2.45) is 0 Å². The molecule has 1 aromatic carbocycles. The predicted octanol–water partition coefficient (Wildman–Crippen LogP) is 4.44. The highest BCUT2D eigenvalue weighted by Crippen LogP contribution is 2.30. The van der Waals surface area contributed by atoms with Crippen LogP contribution < -0.4 is 4.90 Å². The molecule has 22 heavy (non-hydrogen) atoms. The van der Waals surface area contributed by atoms with Crippen molar-refractivity contribution in [1.29, 1.82) is 0 Å². The second-order valence-electron chi connectivity index (χ2n) is 5.93. The molecule has 2 aromatic rings. The molecule has 0 atom stereocenters. The van der Waals surface area contributed by atoms with Crippen LogP contribution in [0.25, 0.3) is 0 Å². The number of rotatable bonds is 3. The fourth-order valence-electron chi connectivity index (χ4n) is 2.74. The predicted molar refractivity (Wildman–Crippen MR) is 92.0 cm³/mol. The second-order valence-corrected chi connectivity index (χ2v) is 7.26. The highest BCUT2D eigenvalue weighted by molar-refractivity contribution is 7.09. The molecule has 5 heteroatoms. The lowest BCUT2D eigenvalue weighted by Crippen LogP contribution is -2.36. The van der Waals surface area contributed by atoms with E-state index in [1.165, 1.54) is 0 Å². The van der Waals surface area contributed by atoms with Gasteiger partial charge in [0.05, 0.1) is 17.1 Å². The number of hydrogen-bond acceptors (Lipinski definition) is 3. The topological polar surface area (TPSA) is 33.2 Å². The second kappa shape index (κ2) is 6.39. The summed E-state index contributed by atoms with van der Waals surface area (Å²) in [4.78, 5) is 19.1. The van der Waals surface area contributed by atoms with Crippen molar-refractivity contribution in [1.82, 2.24) is 4.98 Å². The van der Waals surface area contributed by atoms with Gasteiger partial charge in [0.25, 0.3) is 0 Å². The van der Waals surface area contributed by atoms with Crippen LogP contribution in [0, 0.1) is 0 Å². The Balaban J connectivity index is 1.78. The Bertz CT molecular complexity index is 696. The largest absolute Gasteiger partial charge is 0.312 e. The molecule has 0 bridgehead atoms. The summed E-state index contributed by atoms with van der Waals surface area (Å²) < 4.78 is 0. The number of carbonyl (C=O) groups is 1. The third-order valence-corrected chi connectivity index (χ3v) is 5.29. The van der Waals surface area contributed by atoms with Gasteiger partial charge in [-0.25, -0.2) is 4.98 Å². The molecule has 116 valence electrons. The van der Waals surface area contributed by atoms with E-state index < -0.39 is 0 Å². The Hall–Kier alpha value is -1.39. The molecule has 0 unspecified atom stereocenters. The van der Waals surface area contributed by atoms with E-state index in [1.54, 1.807) is 11.3 Å². The molecule has 0 saturated heterocycles.